The number of aromatic amines is 2. The van der Waals surface area contributed by atoms with Crippen LogP contribution in [0.1, 0.15) is 151 Å². The van der Waals surface area contributed by atoms with Gasteiger partial charge in [-0.15, -0.1) is 27.8 Å². The molecule has 8 aromatic heterocycles. The van der Waals surface area contributed by atoms with Crippen molar-refractivity contribution in [2.24, 2.45) is 5.41 Å². The van der Waals surface area contributed by atoms with Crippen LogP contribution in [0.5, 0.6) is 0 Å². The fraction of sp³-hybridized carbons (Fsp3) is 0.500. The highest BCUT2D eigenvalue weighted by Crippen LogP contribution is 2.58. The predicted octanol–water partition coefficient (Wildman–Crippen LogP) is 11.3. The normalized spacial score (nSPS) is 25.5. The Hall–Kier alpha value is -4.36. The Labute approximate surface area is 359 Å². The first kappa shape index (κ1) is 37.4. The summed E-state index contributed by atoms with van der Waals surface area (Å²) in [5.74, 6) is 3.00. The van der Waals surface area contributed by atoms with Crippen molar-refractivity contribution in [2.45, 2.75) is 136 Å². The number of thiophene rings is 2. The minimum Gasteiger partial charge on any atom is -0.346 e. The molecule has 0 amide bonds. The molecule has 2 saturated heterocycles. The number of fused-ring (bicyclic) bond motifs is 4. The van der Waals surface area contributed by atoms with Gasteiger partial charge < -0.3 is 20.6 Å². The van der Waals surface area contributed by atoms with Crippen LogP contribution < -0.4 is 10.6 Å². The first-order valence-electron chi connectivity index (χ1n) is 22.3. The Morgan fingerprint density at radius 1 is 0.750 bits per heavy atom. The molecule has 10 heterocycles. The fourth-order valence-corrected chi connectivity index (χ4v) is 15.1. The lowest BCUT2D eigenvalue weighted by molar-refractivity contribution is 0.129. The first-order chi connectivity index (χ1) is 28.9. The number of rotatable bonds is 7. The van der Waals surface area contributed by atoms with Gasteiger partial charge in [0.15, 0.2) is 17.1 Å². The molecular weight excluding hydrogens is 781 g/mol. The van der Waals surface area contributed by atoms with E-state index in [1.54, 1.807) is 16.1 Å². The quantitative estimate of drug-likeness (QED) is 0.127. The van der Waals surface area contributed by atoms with Crippen LogP contribution in [0.4, 0.5) is 0 Å². The molecule has 2 saturated carbocycles. The van der Waals surface area contributed by atoms with E-state index in [1.165, 1.54) is 110 Å². The second-order valence-electron chi connectivity index (χ2n) is 20.0. The minimum absolute atomic E-state index is 0.154. The Balaban J connectivity index is 0.787. The van der Waals surface area contributed by atoms with Crippen molar-refractivity contribution in [3.05, 3.63) is 79.8 Å². The molecule has 2 aliphatic carbocycles. The van der Waals surface area contributed by atoms with Crippen molar-refractivity contribution in [3.8, 4) is 22.5 Å². The smallest absolute Gasteiger partial charge is 0.168 e. The van der Waals surface area contributed by atoms with E-state index in [-0.39, 0.29) is 11.6 Å². The molecule has 4 fully saturated rings. The summed E-state index contributed by atoms with van der Waals surface area (Å²) in [4.78, 5) is 23.3. The van der Waals surface area contributed by atoms with E-state index in [1.807, 2.05) is 27.2 Å². The standard InChI is InChI=1S/C48H56N10S2/c1-23(2)34-37-28(8)41(60-46(37)52-38(34)29-13-25(5)43-50-22-51-57(43)19-29)32-17-48(18-32)10-9-33(55-48)42-54-44-26(6)14-30(20-58(44)56-42)39-35(24(3)4)36-27(7)40(59-45(36)53-39)31-15-47(16-31)11-12-49-21-47/h13-14,19-20,22-24,31-33,49,52-53,55H,9-12,15-18,21H2,1-8H3/t31-,32?,33?,47+,48?. The van der Waals surface area contributed by atoms with Gasteiger partial charge in [-0.05, 0) is 154 Å². The predicted molar refractivity (Wildman–Crippen MR) is 245 cm³/mol. The Bertz CT molecular complexity index is 3010. The van der Waals surface area contributed by atoms with Crippen molar-refractivity contribution in [1.82, 2.24) is 49.8 Å². The van der Waals surface area contributed by atoms with Crippen LogP contribution in [0, 0.1) is 33.1 Å². The molecule has 310 valence electrons. The number of hydrogen-bond donors (Lipinski definition) is 4. The van der Waals surface area contributed by atoms with Gasteiger partial charge in [-0.3, -0.25) is 0 Å². The third kappa shape index (κ3) is 5.42. The summed E-state index contributed by atoms with van der Waals surface area (Å²) in [6.45, 7) is 20.8. The molecule has 4 aliphatic rings. The van der Waals surface area contributed by atoms with Crippen LogP contribution in [0.2, 0.25) is 0 Å². The highest BCUT2D eigenvalue weighted by Gasteiger charge is 2.51. The molecule has 10 nitrogen and oxygen atoms in total. The maximum atomic E-state index is 5.20. The van der Waals surface area contributed by atoms with Gasteiger partial charge in [-0.1, -0.05) is 27.7 Å². The summed E-state index contributed by atoms with van der Waals surface area (Å²) in [6.07, 6.45) is 14.6. The number of aromatic nitrogens is 8. The monoisotopic (exact) mass is 836 g/mol. The van der Waals surface area contributed by atoms with E-state index >= 15 is 0 Å². The van der Waals surface area contributed by atoms with Gasteiger partial charge in [-0.2, -0.15) is 5.10 Å². The molecule has 8 aromatic rings. The molecule has 12 rings (SSSR count). The average Bonchev–Trinajstić information content (AvgIpc) is 4.02. The highest BCUT2D eigenvalue weighted by molar-refractivity contribution is 7.19. The number of hydrogen-bond acceptors (Lipinski definition) is 8. The van der Waals surface area contributed by atoms with Gasteiger partial charge in [0, 0.05) is 56.1 Å². The van der Waals surface area contributed by atoms with Crippen molar-refractivity contribution in [3.63, 3.8) is 0 Å². The van der Waals surface area contributed by atoms with Crippen molar-refractivity contribution >= 4 is 54.4 Å². The molecule has 60 heavy (non-hydrogen) atoms. The lowest BCUT2D eigenvalue weighted by Crippen LogP contribution is -2.50. The number of aryl methyl sites for hydroxylation is 4. The van der Waals surface area contributed by atoms with Crippen LogP contribution in [-0.4, -0.2) is 57.8 Å². The summed E-state index contributed by atoms with van der Waals surface area (Å²) in [5, 5.41) is 20.2. The molecule has 0 aromatic carbocycles. The van der Waals surface area contributed by atoms with E-state index in [4.69, 9.17) is 10.1 Å². The summed E-state index contributed by atoms with van der Waals surface area (Å²) >= 11 is 3.98. The van der Waals surface area contributed by atoms with Crippen LogP contribution in [0.3, 0.4) is 0 Å². The van der Waals surface area contributed by atoms with Crippen molar-refractivity contribution in [2.75, 3.05) is 13.1 Å². The molecule has 0 bridgehead atoms. The molecule has 12 heteroatoms. The van der Waals surface area contributed by atoms with E-state index < -0.39 is 0 Å². The summed E-state index contributed by atoms with van der Waals surface area (Å²) in [7, 11) is 0. The molecule has 1 unspecified atom stereocenters. The average molecular weight is 837 g/mol. The van der Waals surface area contributed by atoms with Crippen LogP contribution in [0.15, 0.2) is 30.9 Å². The Morgan fingerprint density at radius 2 is 1.35 bits per heavy atom. The fourth-order valence-electron chi connectivity index (χ4n) is 12.4. The number of nitrogens with one attached hydrogen (secondary N) is 4. The maximum absolute atomic E-state index is 5.20. The SMILES string of the molecule is Cc1c(C2CC3(CCC(c4nc5c(C)cc(-c6[nH]c7sc([C@H]8C[C@]9(CCNC9)C8)c(C)c7c6C(C)C)cn5n4)N3)C2)sc2[nH]c(-c3cc(C)c4ncnn4c3)c(C(C)C)c12. The third-order valence-corrected chi connectivity index (χ3v) is 18.0. The van der Waals surface area contributed by atoms with Crippen molar-refractivity contribution < 1.29 is 0 Å². The molecule has 0 radical (unpaired) electrons. The zero-order valence-corrected chi connectivity index (χ0v) is 37.8. The van der Waals surface area contributed by atoms with Gasteiger partial charge in [-0.25, -0.2) is 19.0 Å². The summed E-state index contributed by atoms with van der Waals surface area (Å²) in [6, 6.07) is 4.74. The molecular formula is C48H56N10S2. The van der Waals surface area contributed by atoms with Crippen molar-refractivity contribution in [1.29, 1.82) is 0 Å². The summed E-state index contributed by atoms with van der Waals surface area (Å²) in [5.41, 5.74) is 15.5. The Kier molecular flexibility index (Phi) is 8.15. The topological polar surface area (TPSA) is 116 Å². The van der Waals surface area contributed by atoms with E-state index in [0.29, 0.717) is 29.1 Å². The number of nitrogens with zero attached hydrogens (tertiary/aromatic N) is 6. The maximum Gasteiger partial charge on any atom is 0.168 e. The second kappa shape index (κ2) is 13.1. The van der Waals surface area contributed by atoms with Crippen LogP contribution >= 0.6 is 22.7 Å². The van der Waals surface area contributed by atoms with Crippen LogP contribution in [-0.2, 0) is 0 Å². The third-order valence-electron chi connectivity index (χ3n) is 15.3. The van der Waals surface area contributed by atoms with Gasteiger partial charge in [0.2, 0.25) is 0 Å². The number of H-pyrrole nitrogens is 2. The molecule has 1 atom stereocenters. The van der Waals surface area contributed by atoms with Crippen LogP contribution in [0.25, 0.3) is 54.2 Å². The zero-order valence-electron chi connectivity index (χ0n) is 36.1. The summed E-state index contributed by atoms with van der Waals surface area (Å²) < 4.78 is 3.96. The minimum atomic E-state index is 0.154. The molecule has 2 aliphatic heterocycles. The lowest BCUT2D eigenvalue weighted by atomic mass is 9.61. The zero-order chi connectivity index (χ0) is 41.0. The van der Waals surface area contributed by atoms with Gasteiger partial charge in [0.1, 0.15) is 16.0 Å². The first-order valence-corrected chi connectivity index (χ1v) is 24.0. The molecule has 2 spiro atoms. The van der Waals surface area contributed by atoms with Gasteiger partial charge in [0.25, 0.3) is 0 Å². The largest absolute Gasteiger partial charge is 0.346 e. The van der Waals surface area contributed by atoms with Gasteiger partial charge in [0.05, 0.1) is 17.4 Å². The second-order valence-corrected chi connectivity index (χ2v) is 22.1. The van der Waals surface area contributed by atoms with Gasteiger partial charge >= 0.3 is 0 Å². The van der Waals surface area contributed by atoms with E-state index in [9.17, 15) is 0 Å². The van der Waals surface area contributed by atoms with E-state index in [0.717, 1.165) is 41.9 Å². The lowest BCUT2D eigenvalue weighted by Gasteiger charge is -2.46. The van der Waals surface area contributed by atoms with E-state index in [2.05, 4.69) is 115 Å². The Morgan fingerprint density at radius 3 is 1.95 bits per heavy atom. The number of pyridine rings is 2. The highest BCUT2D eigenvalue weighted by atomic mass is 32.1. The molecule has 4 N–H and O–H groups in total.